The highest BCUT2D eigenvalue weighted by Crippen LogP contribution is 2.23. The Kier molecular flexibility index (Phi) is 3.93. The number of aliphatic hydroxyl groups is 1. The van der Waals surface area contributed by atoms with Gasteiger partial charge in [-0.25, -0.2) is 8.78 Å². The average molecular weight is 166 g/mol. The van der Waals surface area contributed by atoms with E-state index in [1.807, 2.05) is 20.8 Å². The molecule has 0 radical (unpaired) electrons. The van der Waals surface area contributed by atoms with Crippen LogP contribution < -0.4 is 0 Å². The molecule has 0 saturated carbocycles. The van der Waals surface area contributed by atoms with Crippen molar-refractivity contribution in [2.75, 3.05) is 0 Å². The SMILES string of the molecule is CC(C)(C)C(O)CCC(F)F. The van der Waals surface area contributed by atoms with Gasteiger partial charge in [0, 0.05) is 6.42 Å². The highest BCUT2D eigenvalue weighted by atomic mass is 19.3. The molecule has 0 heterocycles. The molecule has 0 saturated heterocycles. The number of aliphatic hydroxyl groups excluding tert-OH is 1. The fraction of sp³-hybridized carbons (Fsp3) is 1.00. The predicted octanol–water partition coefficient (Wildman–Crippen LogP) is 2.44. The third kappa shape index (κ3) is 5.13. The quantitative estimate of drug-likeness (QED) is 0.682. The summed E-state index contributed by atoms with van der Waals surface area (Å²) in [6, 6.07) is 0. The molecule has 0 aromatic rings. The lowest BCUT2D eigenvalue weighted by atomic mass is 9.86. The number of alkyl halides is 2. The molecule has 0 fully saturated rings. The van der Waals surface area contributed by atoms with Crippen LogP contribution in [0, 0.1) is 5.41 Å². The lowest BCUT2D eigenvalue weighted by Crippen LogP contribution is -2.26. The van der Waals surface area contributed by atoms with Crippen LogP contribution in [0.1, 0.15) is 33.6 Å². The second-order valence-electron chi connectivity index (χ2n) is 3.85. The zero-order valence-electron chi connectivity index (χ0n) is 7.27. The summed E-state index contributed by atoms with van der Waals surface area (Å²) in [7, 11) is 0. The first kappa shape index (κ1) is 10.8. The van der Waals surface area contributed by atoms with E-state index in [1.54, 1.807) is 0 Å². The fourth-order valence-corrected chi connectivity index (χ4v) is 0.717. The summed E-state index contributed by atoms with van der Waals surface area (Å²) in [5.74, 6) is 0. The van der Waals surface area contributed by atoms with Crippen molar-refractivity contribution in [2.45, 2.75) is 46.1 Å². The number of halogens is 2. The van der Waals surface area contributed by atoms with Gasteiger partial charge in [-0.1, -0.05) is 20.8 Å². The highest BCUT2D eigenvalue weighted by molar-refractivity contribution is 4.72. The predicted molar refractivity (Wildman–Crippen MR) is 40.7 cm³/mol. The summed E-state index contributed by atoms with van der Waals surface area (Å²) < 4.78 is 23.3. The molecule has 0 aromatic carbocycles. The lowest BCUT2D eigenvalue weighted by molar-refractivity contribution is 0.0332. The van der Waals surface area contributed by atoms with Gasteiger partial charge < -0.3 is 5.11 Å². The Balaban J connectivity index is 3.61. The minimum atomic E-state index is -2.30. The van der Waals surface area contributed by atoms with Gasteiger partial charge in [-0.2, -0.15) is 0 Å². The second-order valence-corrected chi connectivity index (χ2v) is 3.85. The number of rotatable bonds is 3. The Morgan fingerprint density at radius 1 is 1.18 bits per heavy atom. The van der Waals surface area contributed by atoms with Crippen molar-refractivity contribution in [3.05, 3.63) is 0 Å². The third-order valence-electron chi connectivity index (χ3n) is 1.66. The molecule has 0 aliphatic heterocycles. The zero-order chi connectivity index (χ0) is 9.07. The second kappa shape index (κ2) is 4.00. The average Bonchev–Trinajstić information content (AvgIpc) is 1.80. The van der Waals surface area contributed by atoms with Crippen LogP contribution in [0.15, 0.2) is 0 Å². The maximum absolute atomic E-state index is 11.7. The Hall–Kier alpha value is -0.180. The molecule has 1 nitrogen and oxygen atoms in total. The van der Waals surface area contributed by atoms with Crippen LogP contribution in [0.5, 0.6) is 0 Å². The largest absolute Gasteiger partial charge is 0.393 e. The molecule has 0 aliphatic rings. The maximum atomic E-state index is 11.7. The van der Waals surface area contributed by atoms with Gasteiger partial charge in [0.05, 0.1) is 6.10 Å². The van der Waals surface area contributed by atoms with E-state index in [1.165, 1.54) is 0 Å². The van der Waals surface area contributed by atoms with E-state index in [9.17, 15) is 13.9 Å². The Labute approximate surface area is 66.4 Å². The van der Waals surface area contributed by atoms with E-state index in [0.717, 1.165) is 0 Å². The van der Waals surface area contributed by atoms with Crippen molar-refractivity contribution in [2.24, 2.45) is 5.41 Å². The summed E-state index contributed by atoms with van der Waals surface area (Å²) in [5.41, 5.74) is -0.283. The van der Waals surface area contributed by atoms with Crippen LogP contribution >= 0.6 is 0 Å². The fourth-order valence-electron chi connectivity index (χ4n) is 0.717. The summed E-state index contributed by atoms with van der Waals surface area (Å²) in [4.78, 5) is 0. The van der Waals surface area contributed by atoms with Crippen molar-refractivity contribution >= 4 is 0 Å². The van der Waals surface area contributed by atoms with Crippen molar-refractivity contribution in [3.8, 4) is 0 Å². The lowest BCUT2D eigenvalue weighted by Gasteiger charge is -2.25. The van der Waals surface area contributed by atoms with Gasteiger partial charge >= 0.3 is 0 Å². The molecule has 11 heavy (non-hydrogen) atoms. The summed E-state index contributed by atoms with van der Waals surface area (Å²) in [6.07, 6.45) is -2.96. The molecule has 0 aliphatic carbocycles. The van der Waals surface area contributed by atoms with E-state index < -0.39 is 12.5 Å². The number of hydrogen-bond acceptors (Lipinski definition) is 1. The number of hydrogen-bond donors (Lipinski definition) is 1. The molecular weight excluding hydrogens is 150 g/mol. The molecular formula is C8H16F2O. The summed E-state index contributed by atoms with van der Waals surface area (Å²) in [5, 5.41) is 9.30. The van der Waals surface area contributed by atoms with Crippen molar-refractivity contribution < 1.29 is 13.9 Å². The molecule has 0 aromatic heterocycles. The van der Waals surface area contributed by atoms with Gasteiger partial charge in [0.2, 0.25) is 6.43 Å². The van der Waals surface area contributed by atoms with E-state index in [-0.39, 0.29) is 18.3 Å². The zero-order valence-corrected chi connectivity index (χ0v) is 7.27. The minimum Gasteiger partial charge on any atom is -0.393 e. The van der Waals surface area contributed by atoms with Gasteiger partial charge in [-0.15, -0.1) is 0 Å². The molecule has 0 spiro atoms. The molecule has 68 valence electrons. The molecule has 0 amide bonds. The van der Waals surface area contributed by atoms with Gasteiger partial charge in [-0.05, 0) is 11.8 Å². The molecule has 1 unspecified atom stereocenters. The van der Waals surface area contributed by atoms with Crippen LogP contribution in [0.2, 0.25) is 0 Å². The summed E-state index contributed by atoms with van der Waals surface area (Å²) >= 11 is 0. The Morgan fingerprint density at radius 3 is 1.91 bits per heavy atom. The van der Waals surface area contributed by atoms with Gasteiger partial charge in [0.25, 0.3) is 0 Å². The normalized spacial score (nSPS) is 15.5. The highest BCUT2D eigenvalue weighted by Gasteiger charge is 2.22. The Bertz CT molecular complexity index is 107. The van der Waals surface area contributed by atoms with Crippen LogP contribution in [-0.2, 0) is 0 Å². The van der Waals surface area contributed by atoms with Crippen molar-refractivity contribution in [1.82, 2.24) is 0 Å². The molecule has 3 heteroatoms. The van der Waals surface area contributed by atoms with Crippen LogP contribution in [0.3, 0.4) is 0 Å². The standard InChI is InChI=1S/C8H16F2O/c1-8(2,3)6(11)4-5-7(9)10/h6-7,11H,4-5H2,1-3H3. The minimum absolute atomic E-state index is 0.182. The van der Waals surface area contributed by atoms with Crippen molar-refractivity contribution in [1.29, 1.82) is 0 Å². The van der Waals surface area contributed by atoms with E-state index >= 15 is 0 Å². The maximum Gasteiger partial charge on any atom is 0.238 e. The molecule has 0 bridgehead atoms. The topological polar surface area (TPSA) is 20.2 Å². The van der Waals surface area contributed by atoms with Gasteiger partial charge in [-0.3, -0.25) is 0 Å². The first-order valence-corrected chi connectivity index (χ1v) is 3.80. The molecule has 1 atom stereocenters. The van der Waals surface area contributed by atoms with Crippen LogP contribution in [0.4, 0.5) is 8.78 Å². The first-order valence-electron chi connectivity index (χ1n) is 3.80. The van der Waals surface area contributed by atoms with E-state index in [4.69, 9.17) is 0 Å². The van der Waals surface area contributed by atoms with Gasteiger partial charge in [0.1, 0.15) is 0 Å². The molecule has 0 rings (SSSR count). The smallest absolute Gasteiger partial charge is 0.238 e. The van der Waals surface area contributed by atoms with Crippen LogP contribution in [0.25, 0.3) is 0 Å². The van der Waals surface area contributed by atoms with Crippen LogP contribution in [-0.4, -0.2) is 17.6 Å². The van der Waals surface area contributed by atoms with E-state index in [2.05, 4.69) is 0 Å². The van der Waals surface area contributed by atoms with Crippen molar-refractivity contribution in [3.63, 3.8) is 0 Å². The summed E-state index contributed by atoms with van der Waals surface area (Å²) in [6.45, 7) is 5.51. The molecule has 1 N–H and O–H groups in total. The first-order chi connectivity index (χ1) is 4.84. The third-order valence-corrected chi connectivity index (χ3v) is 1.66. The Morgan fingerprint density at radius 2 is 1.64 bits per heavy atom. The van der Waals surface area contributed by atoms with E-state index in [0.29, 0.717) is 0 Å². The van der Waals surface area contributed by atoms with Gasteiger partial charge in [0.15, 0.2) is 0 Å². The monoisotopic (exact) mass is 166 g/mol.